The van der Waals surface area contributed by atoms with E-state index in [0.29, 0.717) is 5.69 Å². The molecule has 10 nitrogen and oxygen atoms in total. The fourth-order valence-corrected chi connectivity index (χ4v) is 3.67. The zero-order chi connectivity index (χ0) is 27.4. The van der Waals surface area contributed by atoms with Gasteiger partial charge in [0, 0.05) is 26.1 Å². The van der Waals surface area contributed by atoms with Crippen molar-refractivity contribution in [1.82, 2.24) is 14.8 Å². The lowest BCUT2D eigenvalue weighted by Crippen LogP contribution is -2.38. The fourth-order valence-electron chi connectivity index (χ4n) is 3.67. The summed E-state index contributed by atoms with van der Waals surface area (Å²) in [6, 6.07) is 13.0. The summed E-state index contributed by atoms with van der Waals surface area (Å²) in [7, 11) is 3.13. The average Bonchev–Trinajstić information content (AvgIpc) is 3.06. The van der Waals surface area contributed by atoms with Crippen LogP contribution in [0.4, 0.5) is 17.1 Å². The summed E-state index contributed by atoms with van der Waals surface area (Å²) in [5, 5.41) is 39.0. The van der Waals surface area contributed by atoms with Crippen molar-refractivity contribution in [3.8, 4) is 23.2 Å². The van der Waals surface area contributed by atoms with E-state index in [4.69, 9.17) is 0 Å². The first kappa shape index (κ1) is 27.1. The first-order valence-corrected chi connectivity index (χ1v) is 11.9. The lowest BCUT2D eigenvalue weighted by atomic mass is 10.1. The van der Waals surface area contributed by atoms with Gasteiger partial charge in [0.25, 0.3) is 11.8 Å². The van der Waals surface area contributed by atoms with E-state index in [-0.39, 0.29) is 46.0 Å². The highest BCUT2D eigenvalue weighted by molar-refractivity contribution is 6.40. The number of aliphatic imine (C=N–C) groups is 1. The largest absolute Gasteiger partial charge is 0.505 e. The molecular weight excluding hydrogens is 474 g/mol. The molecule has 3 rings (SSSR count). The summed E-state index contributed by atoms with van der Waals surface area (Å²) in [5.74, 6) is -2.31. The van der Waals surface area contributed by atoms with Crippen molar-refractivity contribution < 1.29 is 24.9 Å². The number of aromatic hydroxyl groups is 3. The van der Waals surface area contributed by atoms with E-state index < -0.39 is 23.6 Å². The zero-order valence-electron chi connectivity index (χ0n) is 21.8. The maximum atomic E-state index is 12.9. The molecule has 5 N–H and O–H groups in total. The molecule has 2 amide bonds. The van der Waals surface area contributed by atoms with Gasteiger partial charge in [-0.2, -0.15) is 0 Å². The highest BCUT2D eigenvalue weighted by Gasteiger charge is 2.27. The Kier molecular flexibility index (Phi) is 8.11. The molecule has 0 radical (unpaired) electrons. The molecular formula is C27H33N5O5. The molecule has 0 aliphatic heterocycles. The second kappa shape index (κ2) is 11.1. The summed E-state index contributed by atoms with van der Waals surface area (Å²) in [5.41, 5.74) is 0.570. The van der Waals surface area contributed by atoms with Crippen LogP contribution in [0.3, 0.4) is 0 Å². The van der Waals surface area contributed by atoms with E-state index in [1.165, 1.54) is 21.6 Å². The number of rotatable bonds is 8. The van der Waals surface area contributed by atoms with Crippen molar-refractivity contribution >= 4 is 34.6 Å². The summed E-state index contributed by atoms with van der Waals surface area (Å²) in [6.45, 7) is 7.23. The molecule has 0 unspecified atom stereocenters. The molecule has 1 aromatic heterocycles. The Labute approximate surface area is 215 Å². The first-order valence-electron chi connectivity index (χ1n) is 11.9. The number of nitrogens with zero attached hydrogens (tertiary/aromatic N) is 3. The van der Waals surface area contributed by atoms with Crippen molar-refractivity contribution in [1.29, 1.82) is 0 Å². The third-order valence-corrected chi connectivity index (χ3v) is 5.47. The number of aromatic nitrogens is 1. The Morgan fingerprint density at radius 3 is 2.14 bits per heavy atom. The van der Waals surface area contributed by atoms with Crippen LogP contribution >= 0.6 is 0 Å². The number of carbonyl (C=O) groups excluding carboxylic acids is 2. The minimum atomic E-state index is -0.416. The molecule has 3 aromatic rings. The number of amides is 2. The van der Waals surface area contributed by atoms with Gasteiger partial charge in [-0.3, -0.25) is 9.59 Å². The number of hydrogen-bond donors (Lipinski definition) is 5. The Balaban J connectivity index is 2.25. The van der Waals surface area contributed by atoms with Crippen LogP contribution in [0.5, 0.6) is 17.5 Å². The van der Waals surface area contributed by atoms with Crippen molar-refractivity contribution in [2.75, 3.05) is 19.4 Å². The van der Waals surface area contributed by atoms with Crippen LogP contribution in [-0.2, 0) is 4.79 Å². The number of carbonyl (C=O) groups is 2. The number of para-hydroxylation sites is 2. The van der Waals surface area contributed by atoms with Crippen LogP contribution in [0.25, 0.3) is 5.69 Å². The molecule has 2 aromatic carbocycles. The van der Waals surface area contributed by atoms with E-state index in [1.807, 2.05) is 13.8 Å². The molecule has 0 bridgehead atoms. The van der Waals surface area contributed by atoms with Crippen LogP contribution in [-0.4, -0.2) is 62.4 Å². The van der Waals surface area contributed by atoms with E-state index in [2.05, 4.69) is 15.6 Å². The van der Waals surface area contributed by atoms with Gasteiger partial charge in [-0.1, -0.05) is 38.1 Å². The van der Waals surface area contributed by atoms with Gasteiger partial charge in [0.05, 0.1) is 16.9 Å². The SMILES string of the molecule is CC(C)NC(=O)C(=Nc1c(Nc2cccc(C(=O)N(C)C)c2O)c(O)n(-c2ccccc2)c1O)C(C)C. The Morgan fingerprint density at radius 1 is 0.919 bits per heavy atom. The van der Waals surface area contributed by atoms with Gasteiger partial charge in [-0.05, 0) is 38.1 Å². The number of benzene rings is 2. The maximum Gasteiger partial charge on any atom is 0.266 e. The van der Waals surface area contributed by atoms with Crippen LogP contribution in [0.15, 0.2) is 53.5 Å². The van der Waals surface area contributed by atoms with Gasteiger partial charge in [0.2, 0.25) is 11.8 Å². The normalized spacial score (nSPS) is 11.6. The summed E-state index contributed by atoms with van der Waals surface area (Å²) in [6.07, 6.45) is 0. The molecule has 0 fully saturated rings. The minimum absolute atomic E-state index is 0.0467. The lowest BCUT2D eigenvalue weighted by Gasteiger charge is -2.15. The predicted octanol–water partition coefficient (Wildman–Crippen LogP) is 4.29. The van der Waals surface area contributed by atoms with Crippen LogP contribution in [0, 0.1) is 5.92 Å². The van der Waals surface area contributed by atoms with E-state index in [9.17, 15) is 24.9 Å². The Morgan fingerprint density at radius 2 is 1.57 bits per heavy atom. The molecule has 0 saturated carbocycles. The number of hydrogen-bond acceptors (Lipinski definition) is 7. The second-order valence-corrected chi connectivity index (χ2v) is 9.35. The minimum Gasteiger partial charge on any atom is -0.505 e. The van der Waals surface area contributed by atoms with Crippen LogP contribution < -0.4 is 10.6 Å². The summed E-state index contributed by atoms with van der Waals surface area (Å²) >= 11 is 0. The van der Waals surface area contributed by atoms with E-state index >= 15 is 0 Å². The van der Waals surface area contributed by atoms with Crippen molar-refractivity contribution in [2.45, 2.75) is 33.7 Å². The molecule has 196 valence electrons. The van der Waals surface area contributed by atoms with E-state index in [0.717, 1.165) is 0 Å². The highest BCUT2D eigenvalue weighted by atomic mass is 16.3. The number of phenolic OH excluding ortho intramolecular Hbond substituents is 1. The number of nitrogens with one attached hydrogen (secondary N) is 2. The molecule has 37 heavy (non-hydrogen) atoms. The van der Waals surface area contributed by atoms with Gasteiger partial charge in [0.1, 0.15) is 11.4 Å². The van der Waals surface area contributed by atoms with Gasteiger partial charge in [-0.15, -0.1) is 0 Å². The zero-order valence-corrected chi connectivity index (χ0v) is 21.8. The van der Waals surface area contributed by atoms with Gasteiger partial charge < -0.3 is 30.9 Å². The topological polar surface area (TPSA) is 139 Å². The predicted molar refractivity (Wildman–Crippen MR) is 144 cm³/mol. The fraction of sp³-hybridized carbons (Fsp3) is 0.296. The van der Waals surface area contributed by atoms with Crippen molar-refractivity contribution in [2.24, 2.45) is 10.9 Å². The Hall–Kier alpha value is -4.47. The quantitative estimate of drug-likeness (QED) is 0.228. The lowest BCUT2D eigenvalue weighted by molar-refractivity contribution is -0.115. The van der Waals surface area contributed by atoms with Gasteiger partial charge in [-0.25, -0.2) is 9.56 Å². The van der Waals surface area contributed by atoms with Crippen molar-refractivity contribution in [3.05, 3.63) is 54.1 Å². The molecule has 10 heteroatoms. The van der Waals surface area contributed by atoms with E-state index in [1.54, 1.807) is 64.3 Å². The monoisotopic (exact) mass is 507 g/mol. The third-order valence-electron chi connectivity index (χ3n) is 5.47. The molecule has 0 aliphatic carbocycles. The third kappa shape index (κ3) is 5.69. The second-order valence-electron chi connectivity index (χ2n) is 9.35. The standard InChI is InChI=1S/C27H33N5O5/c1-15(2)20(24(34)28-16(3)4)30-22-21(26(36)32(27(22)37)17-11-8-7-9-12-17)29-19-14-10-13-18(23(19)33)25(35)31(5)6/h7-16,29,33,36-37H,1-6H3,(H,28,34). The Bertz CT molecular complexity index is 1330. The van der Waals surface area contributed by atoms with Gasteiger partial charge >= 0.3 is 0 Å². The molecule has 0 saturated heterocycles. The molecule has 0 aliphatic rings. The van der Waals surface area contributed by atoms with Crippen LogP contribution in [0.1, 0.15) is 38.1 Å². The molecule has 0 spiro atoms. The number of anilines is 2. The van der Waals surface area contributed by atoms with Gasteiger partial charge in [0.15, 0.2) is 11.4 Å². The highest BCUT2D eigenvalue weighted by Crippen LogP contribution is 2.49. The molecule has 1 heterocycles. The summed E-state index contributed by atoms with van der Waals surface area (Å²) in [4.78, 5) is 31.2. The smallest absolute Gasteiger partial charge is 0.266 e. The van der Waals surface area contributed by atoms with Crippen molar-refractivity contribution in [3.63, 3.8) is 0 Å². The molecule has 0 atom stereocenters. The summed E-state index contributed by atoms with van der Waals surface area (Å²) < 4.78 is 1.17. The first-order chi connectivity index (χ1) is 17.4. The number of phenols is 1. The maximum absolute atomic E-state index is 12.9. The van der Waals surface area contributed by atoms with Crippen LogP contribution in [0.2, 0.25) is 0 Å². The average molecular weight is 508 g/mol.